The standard InChI is InChI=1S/C24H23NOS.ClH/c26-23(22-18-27-24-14-8-7-13-21(22)24)17-25(15-19-9-3-1-4-10-19)16-20-11-5-2-6-12-20;/h1-14,18,23,26H,15-17H2;1H. The van der Waals surface area contributed by atoms with Crippen LogP contribution in [-0.4, -0.2) is 16.6 Å². The molecule has 0 bridgehead atoms. The summed E-state index contributed by atoms with van der Waals surface area (Å²) in [6.45, 7) is 2.23. The highest BCUT2D eigenvalue weighted by Gasteiger charge is 2.17. The summed E-state index contributed by atoms with van der Waals surface area (Å²) >= 11 is 1.70. The molecule has 1 unspecified atom stereocenters. The summed E-state index contributed by atoms with van der Waals surface area (Å²) in [5.41, 5.74) is 3.55. The van der Waals surface area contributed by atoms with Crippen molar-refractivity contribution in [1.82, 2.24) is 4.90 Å². The number of aliphatic hydroxyl groups excluding tert-OH is 1. The minimum absolute atomic E-state index is 0. The fraction of sp³-hybridized carbons (Fsp3) is 0.167. The summed E-state index contributed by atoms with van der Waals surface area (Å²) in [5.74, 6) is 0. The molecule has 0 aliphatic carbocycles. The third-order valence-electron chi connectivity index (χ3n) is 4.80. The van der Waals surface area contributed by atoms with E-state index in [0.29, 0.717) is 6.54 Å². The molecular weight excluding hydrogens is 386 g/mol. The van der Waals surface area contributed by atoms with Crippen molar-refractivity contribution in [2.75, 3.05) is 6.54 Å². The van der Waals surface area contributed by atoms with Crippen LogP contribution in [0.25, 0.3) is 10.1 Å². The van der Waals surface area contributed by atoms with Gasteiger partial charge >= 0.3 is 0 Å². The normalized spacial score (nSPS) is 12.1. The Bertz CT molecular complexity index is 946. The number of fused-ring (bicyclic) bond motifs is 1. The van der Waals surface area contributed by atoms with E-state index in [1.54, 1.807) is 11.3 Å². The maximum Gasteiger partial charge on any atom is 0.0931 e. The largest absolute Gasteiger partial charge is 0.387 e. The first-order valence-electron chi connectivity index (χ1n) is 9.24. The highest BCUT2D eigenvalue weighted by molar-refractivity contribution is 7.17. The summed E-state index contributed by atoms with van der Waals surface area (Å²) < 4.78 is 1.23. The van der Waals surface area contributed by atoms with Gasteiger partial charge < -0.3 is 5.11 Å². The lowest BCUT2D eigenvalue weighted by molar-refractivity contribution is 0.106. The van der Waals surface area contributed by atoms with Crippen molar-refractivity contribution in [2.24, 2.45) is 0 Å². The van der Waals surface area contributed by atoms with Crippen molar-refractivity contribution in [2.45, 2.75) is 19.2 Å². The molecule has 0 radical (unpaired) electrons. The van der Waals surface area contributed by atoms with E-state index in [-0.39, 0.29) is 12.4 Å². The zero-order valence-corrected chi connectivity index (χ0v) is 17.2. The van der Waals surface area contributed by atoms with Crippen LogP contribution in [0.4, 0.5) is 0 Å². The number of thiophene rings is 1. The van der Waals surface area contributed by atoms with Crippen LogP contribution >= 0.6 is 23.7 Å². The zero-order chi connectivity index (χ0) is 18.5. The van der Waals surface area contributed by atoms with Gasteiger partial charge in [-0.3, -0.25) is 4.90 Å². The van der Waals surface area contributed by atoms with Crippen LogP contribution in [-0.2, 0) is 13.1 Å². The summed E-state index contributed by atoms with van der Waals surface area (Å²) in [4.78, 5) is 2.32. The van der Waals surface area contributed by atoms with E-state index in [9.17, 15) is 5.11 Å². The van der Waals surface area contributed by atoms with E-state index in [1.807, 2.05) is 24.3 Å². The van der Waals surface area contributed by atoms with Gasteiger partial charge in [0, 0.05) is 29.9 Å². The van der Waals surface area contributed by atoms with Crippen molar-refractivity contribution in [3.05, 3.63) is 107 Å². The van der Waals surface area contributed by atoms with Gasteiger partial charge in [0.1, 0.15) is 0 Å². The fourth-order valence-corrected chi connectivity index (χ4v) is 4.48. The molecule has 0 spiro atoms. The molecule has 3 aromatic carbocycles. The van der Waals surface area contributed by atoms with Crippen molar-refractivity contribution >= 4 is 33.8 Å². The van der Waals surface area contributed by atoms with E-state index in [2.05, 4.69) is 70.9 Å². The lowest BCUT2D eigenvalue weighted by Gasteiger charge is -2.25. The Hall–Kier alpha value is -2.17. The predicted molar refractivity (Wildman–Crippen MR) is 121 cm³/mol. The van der Waals surface area contributed by atoms with Crippen molar-refractivity contribution in [3.63, 3.8) is 0 Å². The van der Waals surface area contributed by atoms with Gasteiger partial charge in [-0.15, -0.1) is 23.7 Å². The minimum atomic E-state index is -0.506. The number of aliphatic hydroxyl groups is 1. The molecule has 0 saturated carbocycles. The quantitative estimate of drug-likeness (QED) is 0.401. The first kappa shape index (κ1) is 20.6. The van der Waals surface area contributed by atoms with Crippen LogP contribution in [0.15, 0.2) is 90.3 Å². The third-order valence-corrected chi connectivity index (χ3v) is 5.78. The van der Waals surface area contributed by atoms with Gasteiger partial charge in [-0.25, -0.2) is 0 Å². The lowest BCUT2D eigenvalue weighted by Crippen LogP contribution is -2.28. The second-order valence-electron chi connectivity index (χ2n) is 6.84. The smallest absolute Gasteiger partial charge is 0.0931 e. The van der Waals surface area contributed by atoms with E-state index in [4.69, 9.17) is 0 Å². The summed E-state index contributed by atoms with van der Waals surface area (Å²) in [6.07, 6.45) is -0.506. The summed E-state index contributed by atoms with van der Waals surface area (Å²) in [5, 5.41) is 14.3. The monoisotopic (exact) mass is 409 g/mol. The highest BCUT2D eigenvalue weighted by atomic mass is 35.5. The Kier molecular flexibility index (Phi) is 7.24. The van der Waals surface area contributed by atoms with E-state index in [1.165, 1.54) is 15.8 Å². The second-order valence-corrected chi connectivity index (χ2v) is 7.76. The molecule has 0 fully saturated rings. The molecule has 4 rings (SSSR count). The van der Waals surface area contributed by atoms with Crippen LogP contribution in [0, 0.1) is 0 Å². The molecule has 0 aliphatic heterocycles. The maximum absolute atomic E-state index is 11.0. The number of hydrogen-bond donors (Lipinski definition) is 1. The fourth-order valence-electron chi connectivity index (χ4n) is 3.47. The number of rotatable bonds is 7. The predicted octanol–water partition coefficient (Wildman–Crippen LogP) is 6.06. The van der Waals surface area contributed by atoms with Crippen molar-refractivity contribution in [1.29, 1.82) is 0 Å². The molecule has 0 saturated heterocycles. The van der Waals surface area contributed by atoms with Crippen LogP contribution in [0.1, 0.15) is 22.8 Å². The van der Waals surface area contributed by atoms with E-state index < -0.39 is 6.10 Å². The van der Waals surface area contributed by atoms with E-state index in [0.717, 1.165) is 24.0 Å². The highest BCUT2D eigenvalue weighted by Crippen LogP contribution is 2.31. The van der Waals surface area contributed by atoms with Gasteiger partial charge in [-0.2, -0.15) is 0 Å². The molecular formula is C24H24ClNOS. The first-order valence-corrected chi connectivity index (χ1v) is 10.1. The van der Waals surface area contributed by atoms with Gasteiger partial charge in [0.15, 0.2) is 0 Å². The first-order chi connectivity index (χ1) is 13.3. The number of nitrogens with zero attached hydrogens (tertiary/aromatic N) is 1. The molecule has 1 N–H and O–H groups in total. The molecule has 144 valence electrons. The number of benzene rings is 3. The molecule has 0 aliphatic rings. The van der Waals surface area contributed by atoms with Crippen molar-refractivity contribution < 1.29 is 5.11 Å². The van der Waals surface area contributed by atoms with Gasteiger partial charge in [-0.1, -0.05) is 78.9 Å². The molecule has 4 aromatic rings. The Balaban J connectivity index is 0.00000225. The average molecular weight is 410 g/mol. The van der Waals surface area contributed by atoms with Crippen molar-refractivity contribution in [3.8, 4) is 0 Å². The van der Waals surface area contributed by atoms with Crippen LogP contribution < -0.4 is 0 Å². The lowest BCUT2D eigenvalue weighted by atomic mass is 10.1. The summed E-state index contributed by atoms with van der Waals surface area (Å²) in [7, 11) is 0. The maximum atomic E-state index is 11.0. The Labute approximate surface area is 176 Å². The molecule has 0 amide bonds. The summed E-state index contributed by atoms with van der Waals surface area (Å²) in [6, 6.07) is 29.2. The molecule has 28 heavy (non-hydrogen) atoms. The molecule has 1 aromatic heterocycles. The van der Waals surface area contributed by atoms with Crippen LogP contribution in [0.3, 0.4) is 0 Å². The topological polar surface area (TPSA) is 23.5 Å². The molecule has 1 heterocycles. The van der Waals surface area contributed by atoms with Gasteiger partial charge in [0.25, 0.3) is 0 Å². The molecule has 4 heteroatoms. The Morgan fingerprint density at radius 1 is 0.750 bits per heavy atom. The Morgan fingerprint density at radius 3 is 1.89 bits per heavy atom. The van der Waals surface area contributed by atoms with Gasteiger partial charge in [-0.05, 0) is 28.0 Å². The zero-order valence-electron chi connectivity index (χ0n) is 15.6. The Morgan fingerprint density at radius 2 is 1.29 bits per heavy atom. The SMILES string of the molecule is Cl.OC(CN(Cc1ccccc1)Cc1ccccc1)c1csc2ccccc12. The van der Waals surface area contributed by atoms with Crippen LogP contribution in [0.2, 0.25) is 0 Å². The average Bonchev–Trinajstić information content (AvgIpc) is 3.14. The van der Waals surface area contributed by atoms with Crippen LogP contribution in [0.5, 0.6) is 0 Å². The minimum Gasteiger partial charge on any atom is -0.387 e. The molecule has 2 nitrogen and oxygen atoms in total. The van der Waals surface area contributed by atoms with Gasteiger partial charge in [0.2, 0.25) is 0 Å². The number of hydrogen-bond acceptors (Lipinski definition) is 3. The van der Waals surface area contributed by atoms with E-state index >= 15 is 0 Å². The number of halogens is 1. The van der Waals surface area contributed by atoms with Gasteiger partial charge in [0.05, 0.1) is 6.10 Å². The molecule has 1 atom stereocenters. The second kappa shape index (κ2) is 9.85. The third kappa shape index (κ3) is 5.00.